The maximum Gasteiger partial charge on any atom is 0.291 e. The monoisotopic (exact) mass is 651 g/mol. The average molecular weight is 652 g/mol. The summed E-state index contributed by atoms with van der Waals surface area (Å²) in [6.45, 7) is 9.61. The smallest absolute Gasteiger partial charge is 0.291 e. The third kappa shape index (κ3) is 8.04. The Morgan fingerprint density at radius 2 is 1.76 bits per heavy atom. The van der Waals surface area contributed by atoms with Gasteiger partial charge in [0.1, 0.15) is 11.5 Å². The highest BCUT2D eigenvalue weighted by atomic mass is 32.2. The number of fused-ring (bicyclic) bond motifs is 2. The molecular weight excluding hydrogens is 598 g/mol. The van der Waals surface area contributed by atoms with Crippen LogP contribution in [-0.2, 0) is 4.79 Å². The second-order valence-electron chi connectivity index (χ2n) is 14.8. The van der Waals surface area contributed by atoms with Crippen LogP contribution >= 0.6 is 11.8 Å². The van der Waals surface area contributed by atoms with Gasteiger partial charge in [-0.25, -0.2) is 0 Å². The van der Waals surface area contributed by atoms with E-state index < -0.39 is 5.41 Å². The van der Waals surface area contributed by atoms with Crippen molar-refractivity contribution < 1.29 is 18.8 Å². The number of rotatable bonds is 11. The van der Waals surface area contributed by atoms with Crippen LogP contribution in [0.25, 0.3) is 0 Å². The Balaban J connectivity index is 1.13. The average Bonchev–Trinajstić information content (AvgIpc) is 3.47. The van der Waals surface area contributed by atoms with Gasteiger partial charge < -0.3 is 30.1 Å². The number of ether oxygens (including phenoxy) is 1. The normalized spacial score (nSPS) is 24.7. The van der Waals surface area contributed by atoms with Crippen LogP contribution < -0.4 is 25.6 Å². The molecule has 0 spiro atoms. The van der Waals surface area contributed by atoms with Crippen molar-refractivity contribution in [3.8, 4) is 5.88 Å². The first-order valence-corrected chi connectivity index (χ1v) is 18.6. The van der Waals surface area contributed by atoms with Gasteiger partial charge in [-0.2, -0.15) is 0 Å². The SMILES string of the molecule is CC(NC(=O)c1onc(OCC(C)(C)C(=O)Nc2ccccc2N2CCNCC2)c1SC1CCCCC1)C1CC2CCCC(C2)C1. The molecule has 2 amide bonds. The van der Waals surface area contributed by atoms with Gasteiger partial charge in [0, 0.05) is 37.5 Å². The van der Waals surface area contributed by atoms with Gasteiger partial charge in [-0.3, -0.25) is 9.59 Å². The van der Waals surface area contributed by atoms with E-state index in [1.165, 1.54) is 57.8 Å². The van der Waals surface area contributed by atoms with E-state index in [9.17, 15) is 9.59 Å². The summed E-state index contributed by atoms with van der Waals surface area (Å²) in [6.07, 6.45) is 13.6. The van der Waals surface area contributed by atoms with Gasteiger partial charge in [0.15, 0.2) is 0 Å². The second kappa shape index (κ2) is 15.0. The van der Waals surface area contributed by atoms with Gasteiger partial charge in [-0.1, -0.05) is 50.7 Å². The molecule has 10 heteroatoms. The number of nitrogens with zero attached hydrogens (tertiary/aromatic N) is 2. The number of para-hydroxylation sites is 2. The zero-order valence-corrected chi connectivity index (χ0v) is 28.8. The van der Waals surface area contributed by atoms with Gasteiger partial charge in [0.05, 0.1) is 16.8 Å². The van der Waals surface area contributed by atoms with Crippen LogP contribution in [0.3, 0.4) is 0 Å². The molecule has 3 unspecified atom stereocenters. The molecule has 1 aromatic carbocycles. The van der Waals surface area contributed by atoms with E-state index in [2.05, 4.69) is 39.0 Å². The van der Waals surface area contributed by atoms with Crippen LogP contribution in [0.15, 0.2) is 33.7 Å². The molecule has 1 saturated heterocycles. The topological polar surface area (TPSA) is 109 Å². The minimum absolute atomic E-state index is 0.0737. The van der Waals surface area contributed by atoms with Crippen molar-refractivity contribution >= 4 is 35.0 Å². The van der Waals surface area contributed by atoms with E-state index >= 15 is 0 Å². The molecule has 2 bridgehead atoms. The number of hydrogen-bond donors (Lipinski definition) is 3. The lowest BCUT2D eigenvalue weighted by atomic mass is 9.66. The summed E-state index contributed by atoms with van der Waals surface area (Å²) in [6, 6.07) is 8.04. The number of aromatic nitrogens is 1. The molecule has 252 valence electrons. The summed E-state index contributed by atoms with van der Waals surface area (Å²) < 4.78 is 12.0. The van der Waals surface area contributed by atoms with Gasteiger partial charge in [0.2, 0.25) is 11.7 Å². The lowest BCUT2D eigenvalue weighted by Crippen LogP contribution is -2.44. The van der Waals surface area contributed by atoms with Crippen LogP contribution in [-0.4, -0.2) is 61.0 Å². The zero-order chi connectivity index (χ0) is 32.1. The van der Waals surface area contributed by atoms with Crippen molar-refractivity contribution in [2.24, 2.45) is 23.2 Å². The molecule has 1 aliphatic heterocycles. The van der Waals surface area contributed by atoms with Crippen LogP contribution in [0.2, 0.25) is 0 Å². The number of carbonyl (C=O) groups excluding carboxylic acids is 2. The van der Waals surface area contributed by atoms with Gasteiger partial charge in [-0.15, -0.1) is 11.8 Å². The van der Waals surface area contributed by atoms with Crippen LogP contribution in [0.1, 0.15) is 102 Å². The predicted octanol–water partition coefficient (Wildman–Crippen LogP) is 6.89. The molecule has 4 aliphatic rings. The number of amides is 2. The highest BCUT2D eigenvalue weighted by Gasteiger charge is 2.37. The first-order valence-electron chi connectivity index (χ1n) is 17.7. The fourth-order valence-electron chi connectivity index (χ4n) is 7.91. The van der Waals surface area contributed by atoms with Gasteiger partial charge in [-0.05, 0) is 87.9 Å². The van der Waals surface area contributed by atoms with E-state index in [1.807, 2.05) is 32.0 Å². The highest BCUT2D eigenvalue weighted by molar-refractivity contribution is 8.00. The number of thioether (sulfide) groups is 1. The van der Waals surface area contributed by atoms with Gasteiger partial charge in [0.25, 0.3) is 11.8 Å². The second-order valence-corrected chi connectivity index (χ2v) is 16.1. The molecular formula is C36H53N5O4S. The lowest BCUT2D eigenvalue weighted by Gasteiger charge is -2.41. The first kappa shape index (κ1) is 33.2. The molecule has 2 aromatic rings. The minimum Gasteiger partial charge on any atom is -0.474 e. The summed E-state index contributed by atoms with van der Waals surface area (Å²) in [7, 11) is 0. The number of carbonyl (C=O) groups is 2. The van der Waals surface area contributed by atoms with Crippen molar-refractivity contribution in [2.75, 3.05) is 43.0 Å². The minimum atomic E-state index is -0.863. The van der Waals surface area contributed by atoms with Gasteiger partial charge >= 0.3 is 0 Å². The number of benzene rings is 1. The number of piperazine rings is 1. The van der Waals surface area contributed by atoms with Crippen molar-refractivity contribution in [3.05, 3.63) is 30.0 Å². The Morgan fingerprint density at radius 3 is 2.50 bits per heavy atom. The highest BCUT2D eigenvalue weighted by Crippen LogP contribution is 2.44. The summed E-state index contributed by atoms with van der Waals surface area (Å²) in [4.78, 5) is 30.3. The fourth-order valence-corrected chi connectivity index (χ4v) is 9.24. The lowest BCUT2D eigenvalue weighted by molar-refractivity contribution is -0.125. The Kier molecular flexibility index (Phi) is 10.8. The summed E-state index contributed by atoms with van der Waals surface area (Å²) in [5, 5.41) is 14.5. The molecule has 2 heterocycles. The van der Waals surface area contributed by atoms with Crippen LogP contribution in [0, 0.1) is 23.2 Å². The van der Waals surface area contributed by atoms with E-state index in [0.29, 0.717) is 21.9 Å². The molecule has 3 aliphatic carbocycles. The predicted molar refractivity (Wildman–Crippen MR) is 184 cm³/mol. The van der Waals surface area contributed by atoms with Crippen LogP contribution in [0.5, 0.6) is 5.88 Å². The summed E-state index contributed by atoms with van der Waals surface area (Å²) >= 11 is 1.66. The Bertz CT molecular complexity index is 1320. The molecule has 4 fully saturated rings. The Hall–Kier alpha value is -2.72. The third-order valence-corrected chi connectivity index (χ3v) is 12.1. The van der Waals surface area contributed by atoms with Crippen molar-refractivity contribution in [1.29, 1.82) is 0 Å². The first-order chi connectivity index (χ1) is 22.3. The van der Waals surface area contributed by atoms with E-state index in [-0.39, 0.29) is 30.2 Å². The largest absolute Gasteiger partial charge is 0.474 e. The van der Waals surface area contributed by atoms with E-state index in [1.54, 1.807) is 11.8 Å². The molecule has 0 radical (unpaired) electrons. The van der Waals surface area contributed by atoms with Crippen molar-refractivity contribution in [1.82, 2.24) is 15.8 Å². The maximum absolute atomic E-state index is 13.7. The quantitative estimate of drug-likeness (QED) is 0.241. The molecule has 9 nitrogen and oxygen atoms in total. The Morgan fingerprint density at radius 1 is 1.04 bits per heavy atom. The number of anilines is 2. The van der Waals surface area contributed by atoms with Crippen molar-refractivity contribution in [2.45, 2.75) is 108 Å². The third-order valence-electron chi connectivity index (χ3n) is 10.7. The van der Waals surface area contributed by atoms with Crippen LogP contribution in [0.4, 0.5) is 11.4 Å². The summed E-state index contributed by atoms with van der Waals surface area (Å²) in [5.41, 5.74) is 0.961. The molecule has 3 N–H and O–H groups in total. The number of hydrogen-bond acceptors (Lipinski definition) is 8. The van der Waals surface area contributed by atoms with E-state index in [4.69, 9.17) is 9.26 Å². The maximum atomic E-state index is 13.7. The standard InChI is InChI=1S/C36H53N5O4S/c1-24(27-21-25-10-9-11-26(20-25)22-27)38-33(42)31-32(46-28-12-5-4-6-13-28)34(40-45-31)44-23-36(2,3)35(43)39-29-14-7-8-15-30(29)41-18-16-37-17-19-41/h7-8,14-15,24-28,37H,4-6,9-13,16-23H2,1-3H3,(H,38,42)(H,39,43). The Labute approximate surface area is 278 Å². The zero-order valence-electron chi connectivity index (χ0n) is 27.9. The number of nitrogens with one attached hydrogen (secondary N) is 3. The molecule has 3 atom stereocenters. The molecule has 1 aromatic heterocycles. The van der Waals surface area contributed by atoms with Crippen molar-refractivity contribution in [3.63, 3.8) is 0 Å². The summed E-state index contributed by atoms with van der Waals surface area (Å²) in [5.74, 6) is 2.29. The fraction of sp³-hybridized carbons (Fsp3) is 0.694. The molecule has 6 rings (SSSR count). The van der Waals surface area contributed by atoms with E-state index in [0.717, 1.165) is 62.2 Å². The molecule has 3 saturated carbocycles. The molecule has 46 heavy (non-hydrogen) atoms.